The molecule has 0 aliphatic carbocycles. The maximum atomic E-state index is 5.36. The number of nitrogens with one attached hydrogen (secondary N) is 2. The van der Waals surface area contributed by atoms with Crippen LogP contribution in [0.3, 0.4) is 0 Å². The molecule has 6 nitrogen and oxygen atoms in total. The van der Waals surface area contributed by atoms with Crippen molar-refractivity contribution in [1.29, 1.82) is 0 Å². The minimum atomic E-state index is -0.239. The SMILES string of the molecule is CN=C(NCc1ccnc(OC)c1)NCC(C)(C)OC.I. The molecule has 0 aromatic carbocycles. The predicted molar refractivity (Wildman–Crippen MR) is 95.5 cm³/mol. The molecule has 0 atom stereocenters. The normalized spacial score (nSPS) is 11.6. The van der Waals surface area contributed by atoms with E-state index >= 15 is 0 Å². The van der Waals surface area contributed by atoms with Crippen molar-refractivity contribution in [3.8, 4) is 5.88 Å². The zero-order valence-corrected chi connectivity index (χ0v) is 15.6. The van der Waals surface area contributed by atoms with E-state index in [0.717, 1.165) is 11.5 Å². The number of guanidine groups is 1. The summed E-state index contributed by atoms with van der Waals surface area (Å²) in [7, 11) is 5.04. The van der Waals surface area contributed by atoms with E-state index in [4.69, 9.17) is 9.47 Å². The van der Waals surface area contributed by atoms with E-state index in [9.17, 15) is 0 Å². The first-order valence-electron chi connectivity index (χ1n) is 6.49. The standard InChI is InChI=1S/C14H24N4O2.HI/c1-14(2,20-5)10-18-13(15-3)17-9-11-6-7-16-12(8-11)19-4;/h6-8H,9-10H2,1-5H3,(H2,15,17,18);1H. The summed E-state index contributed by atoms with van der Waals surface area (Å²) >= 11 is 0. The number of aliphatic imine (C=N–C) groups is 1. The minimum absolute atomic E-state index is 0. The molecule has 0 saturated carbocycles. The van der Waals surface area contributed by atoms with Gasteiger partial charge in [0, 0.05) is 39.5 Å². The Morgan fingerprint density at radius 3 is 2.62 bits per heavy atom. The van der Waals surface area contributed by atoms with Crippen LogP contribution in [0.2, 0.25) is 0 Å². The van der Waals surface area contributed by atoms with Crippen LogP contribution in [0.5, 0.6) is 5.88 Å². The first-order valence-corrected chi connectivity index (χ1v) is 6.49. The van der Waals surface area contributed by atoms with E-state index < -0.39 is 0 Å². The van der Waals surface area contributed by atoms with Crippen LogP contribution in [-0.4, -0.2) is 44.4 Å². The molecule has 0 bridgehead atoms. The van der Waals surface area contributed by atoms with Crippen molar-refractivity contribution >= 4 is 29.9 Å². The molecule has 1 heterocycles. The third-order valence-electron chi connectivity index (χ3n) is 2.93. The fourth-order valence-corrected chi connectivity index (χ4v) is 1.45. The molecule has 0 spiro atoms. The lowest BCUT2D eigenvalue weighted by atomic mass is 10.1. The van der Waals surface area contributed by atoms with E-state index in [1.165, 1.54) is 0 Å². The molecule has 21 heavy (non-hydrogen) atoms. The van der Waals surface area contributed by atoms with Gasteiger partial charge in [-0.15, -0.1) is 24.0 Å². The number of pyridine rings is 1. The highest BCUT2D eigenvalue weighted by atomic mass is 127. The molecular weight excluding hydrogens is 383 g/mol. The van der Waals surface area contributed by atoms with Gasteiger partial charge in [0.05, 0.1) is 12.7 Å². The number of rotatable bonds is 6. The molecule has 0 aliphatic rings. The number of ether oxygens (including phenoxy) is 2. The molecule has 1 aromatic rings. The third-order valence-corrected chi connectivity index (χ3v) is 2.93. The maximum absolute atomic E-state index is 5.36. The molecule has 1 aromatic heterocycles. The van der Waals surface area contributed by atoms with Gasteiger partial charge in [-0.25, -0.2) is 4.98 Å². The summed E-state index contributed by atoms with van der Waals surface area (Å²) in [5, 5.41) is 6.46. The highest BCUT2D eigenvalue weighted by Gasteiger charge is 2.16. The summed E-state index contributed by atoms with van der Waals surface area (Å²) in [5.41, 5.74) is 0.836. The van der Waals surface area contributed by atoms with Gasteiger partial charge in [0.25, 0.3) is 0 Å². The van der Waals surface area contributed by atoms with E-state index in [-0.39, 0.29) is 29.6 Å². The van der Waals surface area contributed by atoms with Crippen LogP contribution in [0.4, 0.5) is 0 Å². The lowest BCUT2D eigenvalue weighted by molar-refractivity contribution is 0.0268. The summed E-state index contributed by atoms with van der Waals surface area (Å²) in [5.74, 6) is 1.33. The molecule has 0 saturated heterocycles. The van der Waals surface area contributed by atoms with Crippen molar-refractivity contribution in [3.63, 3.8) is 0 Å². The summed E-state index contributed by atoms with van der Waals surface area (Å²) in [6.45, 7) is 5.34. The maximum Gasteiger partial charge on any atom is 0.213 e. The van der Waals surface area contributed by atoms with Crippen molar-refractivity contribution in [3.05, 3.63) is 23.9 Å². The molecule has 1 rings (SSSR count). The number of nitrogens with zero attached hydrogens (tertiary/aromatic N) is 2. The van der Waals surface area contributed by atoms with Crippen LogP contribution >= 0.6 is 24.0 Å². The number of hydrogen-bond acceptors (Lipinski definition) is 4. The summed E-state index contributed by atoms with van der Waals surface area (Å²) in [6, 6.07) is 3.82. The smallest absolute Gasteiger partial charge is 0.213 e. The van der Waals surface area contributed by atoms with Gasteiger partial charge in [-0.1, -0.05) is 0 Å². The predicted octanol–water partition coefficient (Wildman–Crippen LogP) is 1.80. The first kappa shape index (κ1) is 19.9. The topological polar surface area (TPSA) is 67.8 Å². The van der Waals surface area contributed by atoms with Crippen LogP contribution in [0.15, 0.2) is 23.3 Å². The molecule has 0 fully saturated rings. The largest absolute Gasteiger partial charge is 0.481 e. The number of aromatic nitrogens is 1. The number of hydrogen-bond donors (Lipinski definition) is 2. The fourth-order valence-electron chi connectivity index (χ4n) is 1.45. The Labute approximate surface area is 143 Å². The second kappa shape index (κ2) is 9.78. The Morgan fingerprint density at radius 2 is 2.05 bits per heavy atom. The molecule has 0 unspecified atom stereocenters. The lowest BCUT2D eigenvalue weighted by Gasteiger charge is -2.24. The Balaban J connectivity index is 0.00000400. The van der Waals surface area contributed by atoms with Crippen LogP contribution in [0.1, 0.15) is 19.4 Å². The number of methoxy groups -OCH3 is 2. The van der Waals surface area contributed by atoms with Gasteiger partial charge >= 0.3 is 0 Å². The van der Waals surface area contributed by atoms with Crippen molar-refractivity contribution in [2.24, 2.45) is 4.99 Å². The molecule has 0 amide bonds. The van der Waals surface area contributed by atoms with Crippen LogP contribution in [0, 0.1) is 0 Å². The summed E-state index contributed by atoms with van der Waals surface area (Å²) in [6.07, 6.45) is 1.72. The zero-order valence-electron chi connectivity index (χ0n) is 13.3. The molecule has 120 valence electrons. The molecule has 2 N–H and O–H groups in total. The van der Waals surface area contributed by atoms with Crippen molar-refractivity contribution in [2.45, 2.75) is 26.0 Å². The quantitative estimate of drug-likeness (QED) is 0.427. The first-order chi connectivity index (χ1) is 9.50. The Kier molecular flexibility index (Phi) is 9.27. The van der Waals surface area contributed by atoms with E-state index in [2.05, 4.69) is 20.6 Å². The second-order valence-electron chi connectivity index (χ2n) is 4.95. The van der Waals surface area contributed by atoms with Crippen molar-refractivity contribution in [2.75, 3.05) is 27.8 Å². The third kappa shape index (κ3) is 7.47. The van der Waals surface area contributed by atoms with Crippen LogP contribution < -0.4 is 15.4 Å². The average Bonchev–Trinajstić information content (AvgIpc) is 2.47. The second-order valence-corrected chi connectivity index (χ2v) is 4.95. The van der Waals surface area contributed by atoms with Gasteiger partial charge in [-0.2, -0.15) is 0 Å². The zero-order chi connectivity index (χ0) is 15.0. The fraction of sp³-hybridized carbons (Fsp3) is 0.571. The van der Waals surface area contributed by atoms with E-state index in [0.29, 0.717) is 19.0 Å². The van der Waals surface area contributed by atoms with Gasteiger partial charge in [0.2, 0.25) is 5.88 Å². The average molecular weight is 408 g/mol. The monoisotopic (exact) mass is 408 g/mol. The summed E-state index contributed by atoms with van der Waals surface area (Å²) < 4.78 is 10.4. The summed E-state index contributed by atoms with van der Waals surface area (Å²) in [4.78, 5) is 8.25. The molecule has 0 radical (unpaired) electrons. The van der Waals surface area contributed by atoms with Gasteiger partial charge in [0.1, 0.15) is 0 Å². The van der Waals surface area contributed by atoms with E-state index in [1.807, 2.05) is 26.0 Å². The van der Waals surface area contributed by atoms with Gasteiger partial charge < -0.3 is 20.1 Å². The molecular formula is C14H25IN4O2. The van der Waals surface area contributed by atoms with Gasteiger partial charge in [-0.3, -0.25) is 4.99 Å². The van der Waals surface area contributed by atoms with Crippen molar-refractivity contribution in [1.82, 2.24) is 15.6 Å². The van der Waals surface area contributed by atoms with E-state index in [1.54, 1.807) is 27.5 Å². The molecule has 7 heteroatoms. The van der Waals surface area contributed by atoms with Crippen LogP contribution in [0.25, 0.3) is 0 Å². The Hall–Kier alpha value is -1.09. The highest BCUT2D eigenvalue weighted by molar-refractivity contribution is 14.0. The van der Waals surface area contributed by atoms with Gasteiger partial charge in [-0.05, 0) is 25.5 Å². The number of halogens is 1. The molecule has 0 aliphatic heterocycles. The van der Waals surface area contributed by atoms with Crippen molar-refractivity contribution < 1.29 is 9.47 Å². The Morgan fingerprint density at radius 1 is 1.33 bits per heavy atom. The Bertz CT molecular complexity index is 452. The van der Waals surface area contributed by atoms with Gasteiger partial charge in [0.15, 0.2) is 5.96 Å². The minimum Gasteiger partial charge on any atom is -0.481 e. The van der Waals surface area contributed by atoms with Crippen LogP contribution in [-0.2, 0) is 11.3 Å². The highest BCUT2D eigenvalue weighted by Crippen LogP contribution is 2.08. The lowest BCUT2D eigenvalue weighted by Crippen LogP contribution is -2.45.